The number of hydrogen-bond acceptors (Lipinski definition) is 3. The minimum Gasteiger partial charge on any atom is -0.480 e. The van der Waals surface area contributed by atoms with Crippen molar-refractivity contribution in [3.8, 4) is 0 Å². The first-order valence-electron chi connectivity index (χ1n) is 6.51. The fraction of sp³-hybridized carbons (Fsp3) is 0.429. The number of amides is 1. The van der Waals surface area contributed by atoms with Gasteiger partial charge in [-0.1, -0.05) is 18.2 Å². The maximum Gasteiger partial charge on any atom is 0.326 e. The van der Waals surface area contributed by atoms with Gasteiger partial charge in [0.2, 0.25) is 6.41 Å². The molecule has 1 atom stereocenters. The first-order chi connectivity index (χ1) is 10.1. The molecule has 0 bridgehead atoms. The van der Waals surface area contributed by atoms with Crippen LogP contribution in [0.4, 0.5) is 5.69 Å². The Hall–Kier alpha value is -1.46. The van der Waals surface area contributed by atoms with Gasteiger partial charge in [-0.15, -0.1) is 23.2 Å². The van der Waals surface area contributed by atoms with Gasteiger partial charge < -0.3 is 15.3 Å². The quantitative estimate of drug-likeness (QED) is 0.505. The molecule has 7 heteroatoms. The summed E-state index contributed by atoms with van der Waals surface area (Å²) in [6.07, 6.45) is 0.599. The molecule has 0 radical (unpaired) electrons. The lowest BCUT2D eigenvalue weighted by Crippen LogP contribution is -2.38. The predicted molar refractivity (Wildman–Crippen MR) is 84.4 cm³/mol. The molecule has 5 nitrogen and oxygen atoms in total. The van der Waals surface area contributed by atoms with Crippen LogP contribution in [0.1, 0.15) is 5.56 Å². The summed E-state index contributed by atoms with van der Waals surface area (Å²) in [6.45, 7) is 1.23. The van der Waals surface area contributed by atoms with E-state index in [1.54, 1.807) is 0 Å². The number of carbonyl (C=O) groups is 2. The Labute approximate surface area is 133 Å². The normalized spacial score (nSPS) is 11.7. The Bertz CT molecular complexity index is 465. The third kappa shape index (κ3) is 5.44. The summed E-state index contributed by atoms with van der Waals surface area (Å²) in [4.78, 5) is 23.7. The van der Waals surface area contributed by atoms with Crippen molar-refractivity contribution in [1.29, 1.82) is 0 Å². The molecule has 1 amide bonds. The largest absolute Gasteiger partial charge is 0.480 e. The highest BCUT2D eigenvalue weighted by Crippen LogP contribution is 2.22. The smallest absolute Gasteiger partial charge is 0.326 e. The monoisotopic (exact) mass is 332 g/mol. The van der Waals surface area contributed by atoms with Crippen LogP contribution in [0.5, 0.6) is 0 Å². The van der Waals surface area contributed by atoms with Crippen molar-refractivity contribution in [3.63, 3.8) is 0 Å². The number of nitrogens with zero attached hydrogens (tertiary/aromatic N) is 1. The van der Waals surface area contributed by atoms with Crippen molar-refractivity contribution >= 4 is 41.3 Å². The number of alkyl halides is 2. The number of rotatable bonds is 10. The number of aliphatic carboxylic acids is 1. The molecule has 0 unspecified atom stereocenters. The van der Waals surface area contributed by atoms with Crippen LogP contribution in [0.15, 0.2) is 24.3 Å². The van der Waals surface area contributed by atoms with E-state index in [2.05, 4.69) is 5.32 Å². The third-order valence-electron chi connectivity index (χ3n) is 3.03. The molecule has 0 fully saturated rings. The molecule has 0 aliphatic carbocycles. The Balaban J connectivity index is 3.00. The van der Waals surface area contributed by atoms with E-state index in [1.807, 2.05) is 29.2 Å². The summed E-state index contributed by atoms with van der Waals surface area (Å²) >= 11 is 11.6. The van der Waals surface area contributed by atoms with E-state index in [1.165, 1.54) is 0 Å². The molecule has 0 heterocycles. The molecule has 0 aliphatic heterocycles. The molecule has 116 valence electrons. The Morgan fingerprint density at radius 2 is 1.90 bits per heavy atom. The van der Waals surface area contributed by atoms with Crippen molar-refractivity contribution in [2.24, 2.45) is 0 Å². The molecule has 0 saturated heterocycles. The van der Waals surface area contributed by atoms with Crippen LogP contribution in [0, 0.1) is 0 Å². The summed E-state index contributed by atoms with van der Waals surface area (Å²) in [5, 5.41) is 11.4. The van der Waals surface area contributed by atoms with E-state index >= 15 is 0 Å². The van der Waals surface area contributed by atoms with Gasteiger partial charge in [-0.05, 0) is 11.6 Å². The standard InChI is InChI=1S/C14H18Cl2N2O3/c15-5-7-18(8-6-16)13-4-2-1-3-11(13)9-12(14(20)21)17-10-19/h1-4,10,12H,5-9H2,(H,17,19)(H,20,21)/t12-/m0/s1. The fourth-order valence-electron chi connectivity index (χ4n) is 2.07. The highest BCUT2D eigenvalue weighted by molar-refractivity contribution is 6.18. The van der Waals surface area contributed by atoms with E-state index in [0.29, 0.717) is 31.3 Å². The average Bonchev–Trinajstić information content (AvgIpc) is 2.47. The second-order valence-electron chi connectivity index (χ2n) is 4.37. The summed E-state index contributed by atoms with van der Waals surface area (Å²) in [5.74, 6) is -0.182. The van der Waals surface area contributed by atoms with E-state index in [9.17, 15) is 9.59 Å². The molecule has 1 aromatic rings. The summed E-state index contributed by atoms with van der Waals surface area (Å²) in [5.41, 5.74) is 1.72. The molecule has 2 N–H and O–H groups in total. The van der Waals surface area contributed by atoms with E-state index in [0.717, 1.165) is 11.3 Å². The van der Waals surface area contributed by atoms with Crippen molar-refractivity contribution in [1.82, 2.24) is 5.32 Å². The Morgan fingerprint density at radius 3 is 2.43 bits per heavy atom. The third-order valence-corrected chi connectivity index (χ3v) is 3.37. The van der Waals surface area contributed by atoms with Crippen molar-refractivity contribution in [2.45, 2.75) is 12.5 Å². The van der Waals surface area contributed by atoms with Gasteiger partial charge in [-0.3, -0.25) is 4.79 Å². The van der Waals surface area contributed by atoms with Crippen LogP contribution >= 0.6 is 23.2 Å². The van der Waals surface area contributed by atoms with Gasteiger partial charge in [0.25, 0.3) is 0 Å². The van der Waals surface area contributed by atoms with Crippen LogP contribution in [-0.4, -0.2) is 48.4 Å². The van der Waals surface area contributed by atoms with Gasteiger partial charge >= 0.3 is 5.97 Å². The maximum absolute atomic E-state index is 11.1. The lowest BCUT2D eigenvalue weighted by atomic mass is 10.0. The van der Waals surface area contributed by atoms with Crippen LogP contribution in [0.2, 0.25) is 0 Å². The van der Waals surface area contributed by atoms with E-state index in [4.69, 9.17) is 28.3 Å². The molecular weight excluding hydrogens is 315 g/mol. The van der Waals surface area contributed by atoms with Crippen molar-refractivity contribution in [3.05, 3.63) is 29.8 Å². The zero-order valence-corrected chi connectivity index (χ0v) is 13.0. The first kappa shape index (κ1) is 17.6. The van der Waals surface area contributed by atoms with Gasteiger partial charge in [0.05, 0.1) is 0 Å². The van der Waals surface area contributed by atoms with Crippen molar-refractivity contribution in [2.75, 3.05) is 29.7 Å². The highest BCUT2D eigenvalue weighted by Gasteiger charge is 2.20. The highest BCUT2D eigenvalue weighted by atomic mass is 35.5. The fourth-order valence-corrected chi connectivity index (χ4v) is 2.48. The minimum atomic E-state index is -1.07. The number of carbonyl (C=O) groups excluding carboxylic acids is 1. The predicted octanol–water partition coefficient (Wildman–Crippen LogP) is 1.71. The second kappa shape index (κ2) is 9.47. The molecule has 0 saturated carbocycles. The molecule has 0 aliphatic rings. The molecule has 0 spiro atoms. The summed E-state index contributed by atoms with van der Waals surface area (Å²) in [7, 11) is 0. The first-order valence-corrected chi connectivity index (χ1v) is 7.58. The lowest BCUT2D eigenvalue weighted by Gasteiger charge is -2.26. The van der Waals surface area contributed by atoms with Gasteiger partial charge in [-0.2, -0.15) is 0 Å². The van der Waals surface area contributed by atoms with E-state index < -0.39 is 12.0 Å². The SMILES string of the molecule is O=CN[C@@H](Cc1ccccc1N(CCCl)CCCl)C(=O)O. The van der Waals surface area contributed by atoms with Gasteiger partial charge in [0, 0.05) is 37.0 Å². The topological polar surface area (TPSA) is 69.6 Å². The van der Waals surface area contributed by atoms with Crippen LogP contribution < -0.4 is 10.2 Å². The lowest BCUT2D eigenvalue weighted by molar-refractivity contribution is -0.140. The minimum absolute atomic E-state index is 0.200. The van der Waals surface area contributed by atoms with Gasteiger partial charge in [0.1, 0.15) is 6.04 Å². The number of anilines is 1. The second-order valence-corrected chi connectivity index (χ2v) is 5.13. The summed E-state index contributed by atoms with van der Waals surface area (Å²) in [6, 6.07) is 6.48. The maximum atomic E-state index is 11.1. The number of halogens is 2. The zero-order valence-electron chi connectivity index (χ0n) is 11.5. The molecular formula is C14H18Cl2N2O3. The molecule has 0 aromatic heterocycles. The zero-order chi connectivity index (χ0) is 15.7. The number of carboxylic acids is 1. The van der Waals surface area contributed by atoms with Crippen molar-refractivity contribution < 1.29 is 14.7 Å². The molecule has 1 rings (SSSR count). The number of hydrogen-bond donors (Lipinski definition) is 2. The Kier molecular flexibility index (Phi) is 7.93. The number of nitrogens with one attached hydrogen (secondary N) is 1. The number of benzene rings is 1. The van der Waals surface area contributed by atoms with Crippen LogP contribution in [0.3, 0.4) is 0 Å². The average molecular weight is 333 g/mol. The van der Waals surface area contributed by atoms with Crippen LogP contribution in [-0.2, 0) is 16.0 Å². The number of carboxylic acid groups (broad SMARTS) is 1. The van der Waals surface area contributed by atoms with Gasteiger partial charge in [0.15, 0.2) is 0 Å². The van der Waals surface area contributed by atoms with E-state index in [-0.39, 0.29) is 6.42 Å². The van der Waals surface area contributed by atoms with Crippen LogP contribution in [0.25, 0.3) is 0 Å². The number of para-hydroxylation sites is 1. The van der Waals surface area contributed by atoms with Gasteiger partial charge in [-0.25, -0.2) is 4.79 Å². The Morgan fingerprint density at radius 1 is 1.29 bits per heavy atom. The molecule has 21 heavy (non-hydrogen) atoms. The summed E-state index contributed by atoms with van der Waals surface area (Å²) < 4.78 is 0. The molecule has 1 aromatic carbocycles.